The first kappa shape index (κ1) is 26.5. The summed E-state index contributed by atoms with van der Waals surface area (Å²) in [5.74, 6) is -2.86. The van der Waals surface area contributed by atoms with Crippen molar-refractivity contribution in [3.8, 4) is 0 Å². The first-order valence-corrected chi connectivity index (χ1v) is 13.9. The van der Waals surface area contributed by atoms with E-state index in [1.165, 1.54) is 29.2 Å². The SMILES string of the molecule is CC[C@@H]1C[C@H](C(=O)N[C@@H](c2cc(F)c(Cl)cc2F)C2(O)CC2)N(C(=O)c2cccc(S(C)(=O)=O)c2)C1. The van der Waals surface area contributed by atoms with Crippen molar-refractivity contribution in [1.82, 2.24) is 10.2 Å². The van der Waals surface area contributed by atoms with E-state index in [0.717, 1.165) is 18.4 Å². The van der Waals surface area contributed by atoms with Crippen molar-refractivity contribution in [2.75, 3.05) is 12.8 Å². The van der Waals surface area contributed by atoms with Gasteiger partial charge in [-0.25, -0.2) is 17.2 Å². The molecule has 4 rings (SSSR count). The molecule has 36 heavy (non-hydrogen) atoms. The van der Waals surface area contributed by atoms with Gasteiger partial charge in [0.25, 0.3) is 5.91 Å². The van der Waals surface area contributed by atoms with Crippen LogP contribution in [-0.2, 0) is 14.6 Å². The van der Waals surface area contributed by atoms with Crippen LogP contribution in [0.2, 0.25) is 5.02 Å². The van der Waals surface area contributed by atoms with Crippen LogP contribution in [0.25, 0.3) is 0 Å². The van der Waals surface area contributed by atoms with Gasteiger partial charge in [-0.1, -0.05) is 31.0 Å². The van der Waals surface area contributed by atoms with Gasteiger partial charge in [-0.05, 0) is 55.5 Å². The van der Waals surface area contributed by atoms with E-state index in [9.17, 15) is 31.9 Å². The molecule has 2 N–H and O–H groups in total. The molecule has 7 nitrogen and oxygen atoms in total. The Morgan fingerprint density at radius 1 is 1.22 bits per heavy atom. The smallest absolute Gasteiger partial charge is 0.254 e. The maximum absolute atomic E-state index is 14.7. The van der Waals surface area contributed by atoms with Gasteiger partial charge in [0.15, 0.2) is 9.84 Å². The summed E-state index contributed by atoms with van der Waals surface area (Å²) in [6.07, 6.45) is 2.64. The number of hydrogen-bond acceptors (Lipinski definition) is 5. The Hall–Kier alpha value is -2.56. The van der Waals surface area contributed by atoms with Crippen LogP contribution in [0.4, 0.5) is 8.78 Å². The Balaban J connectivity index is 1.63. The molecule has 0 aromatic heterocycles. The van der Waals surface area contributed by atoms with Gasteiger partial charge in [0.2, 0.25) is 5.91 Å². The van der Waals surface area contributed by atoms with Gasteiger partial charge >= 0.3 is 0 Å². The molecule has 1 heterocycles. The van der Waals surface area contributed by atoms with Crippen molar-refractivity contribution in [2.24, 2.45) is 5.92 Å². The number of hydrogen-bond donors (Lipinski definition) is 2. The predicted molar refractivity (Wildman–Crippen MR) is 129 cm³/mol. The average Bonchev–Trinajstić information content (AvgIpc) is 3.42. The lowest BCUT2D eigenvalue weighted by Gasteiger charge is -2.29. The third-order valence-electron chi connectivity index (χ3n) is 6.97. The van der Waals surface area contributed by atoms with Crippen LogP contribution >= 0.6 is 11.6 Å². The minimum Gasteiger partial charge on any atom is -0.387 e. The van der Waals surface area contributed by atoms with Crippen molar-refractivity contribution >= 4 is 33.3 Å². The minimum atomic E-state index is -3.55. The number of sulfone groups is 1. The fraction of sp³-hybridized carbons (Fsp3) is 0.440. The molecule has 0 bridgehead atoms. The van der Waals surface area contributed by atoms with Crippen molar-refractivity contribution in [2.45, 2.75) is 55.2 Å². The van der Waals surface area contributed by atoms with Gasteiger partial charge in [-0.2, -0.15) is 0 Å². The number of benzene rings is 2. The zero-order chi connectivity index (χ0) is 26.4. The predicted octanol–water partition coefficient (Wildman–Crippen LogP) is 3.64. The van der Waals surface area contributed by atoms with E-state index < -0.39 is 56.0 Å². The first-order chi connectivity index (χ1) is 16.8. The van der Waals surface area contributed by atoms with E-state index in [1.807, 2.05) is 6.92 Å². The molecule has 0 unspecified atom stereocenters. The molecule has 3 atom stereocenters. The lowest BCUT2D eigenvalue weighted by molar-refractivity contribution is -0.126. The second-order valence-corrected chi connectivity index (χ2v) is 12.0. The topological polar surface area (TPSA) is 104 Å². The molecule has 1 aliphatic heterocycles. The summed E-state index contributed by atoms with van der Waals surface area (Å²) in [7, 11) is -3.55. The highest BCUT2D eigenvalue weighted by molar-refractivity contribution is 7.90. The molecule has 2 fully saturated rings. The normalized spacial score (nSPS) is 21.8. The summed E-state index contributed by atoms with van der Waals surface area (Å²) < 4.78 is 52.8. The zero-order valence-electron chi connectivity index (χ0n) is 19.8. The lowest BCUT2D eigenvalue weighted by atomic mass is 9.97. The van der Waals surface area contributed by atoms with Gasteiger partial charge < -0.3 is 15.3 Å². The quantitative estimate of drug-likeness (QED) is 0.522. The number of aliphatic hydroxyl groups is 1. The number of nitrogens with one attached hydrogen (secondary N) is 1. The summed E-state index contributed by atoms with van der Waals surface area (Å²) in [4.78, 5) is 28.2. The largest absolute Gasteiger partial charge is 0.387 e. The van der Waals surface area contributed by atoms with Gasteiger partial charge in [-0.15, -0.1) is 0 Å². The number of rotatable bonds is 7. The van der Waals surface area contributed by atoms with E-state index in [0.29, 0.717) is 12.8 Å². The fourth-order valence-electron chi connectivity index (χ4n) is 4.63. The van der Waals surface area contributed by atoms with Crippen LogP contribution in [-0.4, -0.2) is 54.7 Å². The highest BCUT2D eigenvalue weighted by Gasteiger charge is 2.51. The molecule has 194 valence electrons. The van der Waals surface area contributed by atoms with Gasteiger partial charge in [-0.3, -0.25) is 9.59 Å². The van der Waals surface area contributed by atoms with Crippen molar-refractivity contribution in [3.63, 3.8) is 0 Å². The average molecular weight is 541 g/mol. The summed E-state index contributed by atoms with van der Waals surface area (Å²) in [6.45, 7) is 2.20. The van der Waals surface area contributed by atoms with E-state index in [2.05, 4.69) is 5.32 Å². The molecule has 0 spiro atoms. The molecule has 1 saturated carbocycles. The molecule has 1 saturated heterocycles. The Kier molecular flexibility index (Phi) is 7.15. The molecule has 0 radical (unpaired) electrons. The van der Waals surface area contributed by atoms with Crippen LogP contribution in [0, 0.1) is 17.6 Å². The lowest BCUT2D eigenvalue weighted by Crippen LogP contribution is -2.49. The first-order valence-electron chi connectivity index (χ1n) is 11.6. The minimum absolute atomic E-state index is 0.00923. The second-order valence-electron chi connectivity index (χ2n) is 9.62. The Morgan fingerprint density at radius 2 is 1.92 bits per heavy atom. The number of halogens is 3. The van der Waals surface area contributed by atoms with E-state index in [1.54, 1.807) is 0 Å². The highest BCUT2D eigenvalue weighted by Crippen LogP contribution is 2.47. The maximum atomic E-state index is 14.7. The van der Waals surface area contributed by atoms with Crippen LogP contribution in [0.5, 0.6) is 0 Å². The number of amides is 2. The summed E-state index contributed by atoms with van der Waals surface area (Å²) in [5.41, 5.74) is -1.55. The van der Waals surface area contributed by atoms with E-state index in [-0.39, 0.29) is 41.3 Å². The highest BCUT2D eigenvalue weighted by atomic mass is 35.5. The molecule has 11 heteroatoms. The summed E-state index contributed by atoms with van der Waals surface area (Å²) in [6, 6.07) is 5.09. The summed E-state index contributed by atoms with van der Waals surface area (Å²) in [5, 5.41) is 13.0. The van der Waals surface area contributed by atoms with Crippen molar-refractivity contribution in [1.29, 1.82) is 0 Å². The standard InChI is InChI=1S/C25H27ClF2N2O5S/c1-3-14-9-21(30(13-14)24(32)15-5-4-6-16(10-15)36(2,34)35)23(31)29-22(25(33)7-8-25)17-11-20(28)18(26)12-19(17)27/h4-6,10-12,14,21-22,33H,3,7-9,13H2,1-2H3,(H,29,31)/t14-,21-,22+/m1/s1. The molecule has 2 aromatic carbocycles. The Labute approximate surface area is 213 Å². The van der Waals surface area contributed by atoms with Gasteiger partial charge in [0, 0.05) is 23.9 Å². The van der Waals surface area contributed by atoms with Crippen molar-refractivity contribution < 1.29 is 31.9 Å². The summed E-state index contributed by atoms with van der Waals surface area (Å²) >= 11 is 5.67. The Bertz CT molecular complexity index is 1320. The molecule has 2 amide bonds. The number of nitrogens with zero attached hydrogens (tertiary/aromatic N) is 1. The van der Waals surface area contributed by atoms with Crippen LogP contribution < -0.4 is 5.32 Å². The molecule has 1 aliphatic carbocycles. The fourth-order valence-corrected chi connectivity index (χ4v) is 5.45. The van der Waals surface area contributed by atoms with Crippen LogP contribution in [0.1, 0.15) is 54.6 Å². The third kappa shape index (κ3) is 5.26. The molecule has 2 aliphatic rings. The number of carbonyl (C=O) groups excluding carboxylic acids is 2. The van der Waals surface area contributed by atoms with E-state index >= 15 is 0 Å². The van der Waals surface area contributed by atoms with Gasteiger partial charge in [0.1, 0.15) is 17.7 Å². The van der Waals surface area contributed by atoms with Crippen LogP contribution in [0.15, 0.2) is 41.3 Å². The van der Waals surface area contributed by atoms with Crippen molar-refractivity contribution in [3.05, 3.63) is 64.2 Å². The molecular weight excluding hydrogens is 514 g/mol. The monoisotopic (exact) mass is 540 g/mol. The second kappa shape index (κ2) is 9.72. The maximum Gasteiger partial charge on any atom is 0.254 e. The number of carbonyl (C=O) groups is 2. The van der Waals surface area contributed by atoms with Gasteiger partial charge in [0.05, 0.1) is 21.6 Å². The number of likely N-dealkylation sites (tertiary alicyclic amines) is 1. The van der Waals surface area contributed by atoms with Crippen LogP contribution in [0.3, 0.4) is 0 Å². The molecular formula is C25H27ClF2N2O5S. The zero-order valence-corrected chi connectivity index (χ0v) is 21.4. The Morgan fingerprint density at radius 3 is 2.53 bits per heavy atom. The third-order valence-corrected chi connectivity index (χ3v) is 8.37. The van der Waals surface area contributed by atoms with E-state index in [4.69, 9.17) is 11.6 Å². The molecule has 2 aromatic rings.